The van der Waals surface area contributed by atoms with Gasteiger partial charge in [0, 0.05) is 24.6 Å². The number of amides is 2. The lowest BCUT2D eigenvalue weighted by Crippen LogP contribution is -2.46. The first kappa shape index (κ1) is 24.0. The molecule has 0 fully saturated rings. The second-order valence-corrected chi connectivity index (χ2v) is 8.50. The molecule has 3 N–H and O–H groups in total. The Bertz CT molecular complexity index is 1030. The minimum absolute atomic E-state index is 0.0340. The van der Waals surface area contributed by atoms with Gasteiger partial charge in [0.15, 0.2) is 0 Å². The number of carbonyl (C=O) groups excluding carboxylic acids is 2. The van der Waals surface area contributed by atoms with E-state index in [1.807, 2.05) is 31.2 Å². The van der Waals surface area contributed by atoms with Gasteiger partial charge in [0.1, 0.15) is 6.61 Å². The molecule has 7 heteroatoms. The fraction of sp³-hybridized carbons (Fsp3) is 0.346. The maximum atomic E-state index is 12.6. The predicted molar refractivity (Wildman–Crippen MR) is 126 cm³/mol. The zero-order valence-corrected chi connectivity index (χ0v) is 19.2. The number of aliphatic carboxylic acids is 1. The van der Waals surface area contributed by atoms with Crippen molar-refractivity contribution in [3.05, 3.63) is 71.3 Å². The van der Waals surface area contributed by atoms with Gasteiger partial charge in [-0.1, -0.05) is 61.5 Å². The highest BCUT2D eigenvalue weighted by Crippen LogP contribution is 2.44. The summed E-state index contributed by atoms with van der Waals surface area (Å²) in [5.41, 5.74) is 3.89. The molecule has 0 heterocycles. The van der Waals surface area contributed by atoms with Gasteiger partial charge in [-0.3, -0.25) is 4.79 Å². The van der Waals surface area contributed by atoms with E-state index in [1.54, 1.807) is 6.92 Å². The van der Waals surface area contributed by atoms with Crippen molar-refractivity contribution in [3.8, 4) is 11.1 Å². The van der Waals surface area contributed by atoms with Crippen LogP contribution < -0.4 is 10.6 Å². The number of carbonyl (C=O) groups is 3. The quantitative estimate of drug-likeness (QED) is 0.499. The van der Waals surface area contributed by atoms with Crippen LogP contribution in [0.15, 0.2) is 60.2 Å². The van der Waals surface area contributed by atoms with Crippen LogP contribution in [0.25, 0.3) is 11.1 Å². The molecule has 33 heavy (non-hydrogen) atoms. The van der Waals surface area contributed by atoms with E-state index in [0.717, 1.165) is 22.3 Å². The van der Waals surface area contributed by atoms with Gasteiger partial charge >= 0.3 is 12.1 Å². The summed E-state index contributed by atoms with van der Waals surface area (Å²) in [6.45, 7) is 5.49. The third kappa shape index (κ3) is 5.42. The van der Waals surface area contributed by atoms with E-state index < -0.39 is 17.5 Å². The minimum Gasteiger partial charge on any atom is -0.478 e. The summed E-state index contributed by atoms with van der Waals surface area (Å²) in [6, 6.07) is 16.2. The van der Waals surface area contributed by atoms with Crippen molar-refractivity contribution in [2.24, 2.45) is 5.41 Å². The maximum Gasteiger partial charge on any atom is 0.407 e. The fourth-order valence-corrected chi connectivity index (χ4v) is 3.88. The number of hydrogen-bond acceptors (Lipinski definition) is 4. The standard InChI is InChI=1S/C26H30N2O5/c1-4-26(3,24(31)27-14-13-17(2)23(29)30)16-28-25(32)33-15-22-20-11-7-5-9-18(20)19-10-6-8-12-21(19)22/h5-13,22H,4,14-16H2,1-3H3,(H,27,31)(H,28,32)(H,29,30)/b17-13+. The molecule has 1 aliphatic carbocycles. The number of alkyl carbamates (subject to hydrolysis) is 1. The number of carboxylic acid groups (broad SMARTS) is 1. The van der Waals surface area contributed by atoms with Crippen molar-refractivity contribution in [3.63, 3.8) is 0 Å². The van der Waals surface area contributed by atoms with Crippen molar-refractivity contribution in [1.82, 2.24) is 10.6 Å². The number of benzene rings is 2. The largest absolute Gasteiger partial charge is 0.478 e. The van der Waals surface area contributed by atoms with Gasteiger partial charge in [-0.15, -0.1) is 0 Å². The monoisotopic (exact) mass is 450 g/mol. The summed E-state index contributed by atoms with van der Waals surface area (Å²) >= 11 is 0. The first-order valence-electron chi connectivity index (χ1n) is 11.0. The summed E-state index contributed by atoms with van der Waals surface area (Å²) in [4.78, 5) is 35.9. The molecule has 0 bridgehead atoms. The highest BCUT2D eigenvalue weighted by molar-refractivity contribution is 5.86. The SMILES string of the molecule is CCC(C)(CNC(=O)OCC1c2ccccc2-c2ccccc21)C(=O)NC/C=C(\C)C(=O)O. The lowest BCUT2D eigenvalue weighted by Gasteiger charge is -2.27. The van der Waals surface area contributed by atoms with Gasteiger partial charge in [0.2, 0.25) is 5.91 Å². The third-order valence-corrected chi connectivity index (χ3v) is 6.30. The molecule has 2 aromatic carbocycles. The van der Waals surface area contributed by atoms with Gasteiger partial charge in [-0.25, -0.2) is 9.59 Å². The summed E-state index contributed by atoms with van der Waals surface area (Å²) in [5, 5.41) is 14.3. The molecule has 1 aliphatic rings. The van der Waals surface area contributed by atoms with Crippen molar-refractivity contribution in [2.75, 3.05) is 19.7 Å². The molecule has 174 valence electrons. The molecular formula is C26H30N2O5. The zero-order valence-electron chi connectivity index (χ0n) is 19.2. The smallest absolute Gasteiger partial charge is 0.407 e. The summed E-state index contributed by atoms with van der Waals surface area (Å²) in [7, 11) is 0. The van der Waals surface area contributed by atoms with Crippen LogP contribution in [0, 0.1) is 5.41 Å². The molecule has 1 atom stereocenters. The van der Waals surface area contributed by atoms with Gasteiger partial charge in [0.05, 0.1) is 5.41 Å². The van der Waals surface area contributed by atoms with Gasteiger partial charge in [0.25, 0.3) is 0 Å². The lowest BCUT2D eigenvalue weighted by atomic mass is 9.86. The van der Waals surface area contributed by atoms with Gasteiger partial charge < -0.3 is 20.5 Å². The molecule has 2 amide bonds. The number of ether oxygens (including phenoxy) is 1. The minimum atomic E-state index is -1.03. The summed E-state index contributed by atoms with van der Waals surface area (Å²) in [5.74, 6) is -1.33. The Hall–Kier alpha value is -3.61. The van der Waals surface area contributed by atoms with Crippen LogP contribution in [-0.4, -0.2) is 42.8 Å². The molecule has 0 spiro atoms. The Kier molecular flexibility index (Phi) is 7.53. The van der Waals surface area contributed by atoms with Gasteiger partial charge in [-0.2, -0.15) is 0 Å². The van der Waals surface area contributed by atoms with E-state index in [2.05, 4.69) is 34.9 Å². The predicted octanol–water partition coefficient (Wildman–Crippen LogP) is 4.09. The molecule has 3 rings (SSSR count). The maximum absolute atomic E-state index is 12.6. The van der Waals surface area contributed by atoms with E-state index in [9.17, 15) is 14.4 Å². The van der Waals surface area contributed by atoms with Crippen molar-refractivity contribution in [1.29, 1.82) is 0 Å². The van der Waals surface area contributed by atoms with Crippen LogP contribution in [0.5, 0.6) is 0 Å². The van der Waals surface area contributed by atoms with E-state index >= 15 is 0 Å². The van der Waals surface area contributed by atoms with Crippen LogP contribution in [0.3, 0.4) is 0 Å². The highest BCUT2D eigenvalue weighted by Gasteiger charge is 2.32. The zero-order chi connectivity index (χ0) is 24.0. The fourth-order valence-electron chi connectivity index (χ4n) is 3.88. The Morgan fingerprint density at radius 1 is 1.03 bits per heavy atom. The third-order valence-electron chi connectivity index (χ3n) is 6.30. The molecule has 0 radical (unpaired) electrons. The summed E-state index contributed by atoms with van der Waals surface area (Å²) < 4.78 is 5.54. The second kappa shape index (κ2) is 10.3. The first-order valence-corrected chi connectivity index (χ1v) is 11.0. The average molecular weight is 451 g/mol. The topological polar surface area (TPSA) is 105 Å². The molecule has 0 saturated carbocycles. The molecule has 0 saturated heterocycles. The van der Waals surface area contributed by atoms with Crippen LogP contribution >= 0.6 is 0 Å². The van der Waals surface area contributed by atoms with Crippen LogP contribution in [0.2, 0.25) is 0 Å². The molecule has 1 unspecified atom stereocenters. The number of nitrogens with one attached hydrogen (secondary N) is 2. The molecule has 7 nitrogen and oxygen atoms in total. The number of rotatable bonds is 9. The molecule has 2 aromatic rings. The van der Waals surface area contributed by atoms with Crippen molar-refractivity contribution in [2.45, 2.75) is 33.1 Å². The lowest BCUT2D eigenvalue weighted by molar-refractivity contribution is -0.133. The molecular weight excluding hydrogens is 420 g/mol. The Morgan fingerprint density at radius 2 is 1.61 bits per heavy atom. The van der Waals surface area contributed by atoms with E-state index in [4.69, 9.17) is 9.84 Å². The normalized spacial score (nSPS) is 14.6. The Labute approximate surface area is 193 Å². The van der Waals surface area contributed by atoms with Crippen LogP contribution in [0.1, 0.15) is 44.2 Å². The van der Waals surface area contributed by atoms with E-state index in [0.29, 0.717) is 6.42 Å². The molecule has 0 aromatic heterocycles. The summed E-state index contributed by atoms with van der Waals surface area (Å²) in [6.07, 6.45) is 1.35. The van der Waals surface area contributed by atoms with Crippen LogP contribution in [-0.2, 0) is 14.3 Å². The van der Waals surface area contributed by atoms with Gasteiger partial charge in [-0.05, 0) is 42.5 Å². The second-order valence-electron chi connectivity index (χ2n) is 8.50. The van der Waals surface area contributed by atoms with Crippen LogP contribution in [0.4, 0.5) is 4.79 Å². The first-order chi connectivity index (χ1) is 15.8. The van der Waals surface area contributed by atoms with Crippen molar-refractivity contribution >= 4 is 18.0 Å². The molecule has 0 aliphatic heterocycles. The average Bonchev–Trinajstić information content (AvgIpc) is 3.14. The number of hydrogen-bond donors (Lipinski definition) is 3. The van der Waals surface area contributed by atoms with E-state index in [1.165, 1.54) is 13.0 Å². The van der Waals surface area contributed by atoms with Crippen molar-refractivity contribution < 1.29 is 24.2 Å². The Morgan fingerprint density at radius 3 is 2.15 bits per heavy atom. The number of fused-ring (bicyclic) bond motifs is 3. The Balaban J connectivity index is 1.56. The number of carboxylic acids is 1. The highest BCUT2D eigenvalue weighted by atomic mass is 16.5. The van der Waals surface area contributed by atoms with E-state index in [-0.39, 0.29) is 37.1 Å².